The highest BCUT2D eigenvalue weighted by Crippen LogP contribution is 2.04. The summed E-state index contributed by atoms with van der Waals surface area (Å²) < 4.78 is 0. The molecule has 1 amide bonds. The highest BCUT2D eigenvalue weighted by molar-refractivity contribution is 5.94. The monoisotopic (exact) mass is 256 g/mol. The number of hydrogen-bond donors (Lipinski definition) is 2. The number of aromatic nitrogens is 2. The van der Waals surface area contributed by atoms with Crippen LogP contribution in [0.15, 0.2) is 30.3 Å². The van der Waals surface area contributed by atoms with E-state index in [-0.39, 0.29) is 5.91 Å². The van der Waals surface area contributed by atoms with Gasteiger partial charge in [-0.2, -0.15) is 0 Å². The molecule has 5 nitrogen and oxygen atoms in total. The molecule has 1 heterocycles. The molecule has 1 aromatic carbocycles. The van der Waals surface area contributed by atoms with Gasteiger partial charge in [-0.25, -0.2) is 9.97 Å². The minimum Gasteiger partial charge on any atom is -0.267 e. The van der Waals surface area contributed by atoms with Crippen molar-refractivity contribution in [2.75, 3.05) is 5.43 Å². The maximum absolute atomic E-state index is 11.9. The van der Waals surface area contributed by atoms with Crippen molar-refractivity contribution in [3.05, 3.63) is 52.8 Å². The Morgan fingerprint density at radius 2 is 1.58 bits per heavy atom. The Hall–Kier alpha value is -2.43. The Kier molecular flexibility index (Phi) is 3.75. The van der Waals surface area contributed by atoms with Crippen LogP contribution in [0.2, 0.25) is 0 Å². The fourth-order valence-electron chi connectivity index (χ4n) is 1.67. The Balaban J connectivity index is 2.02. The van der Waals surface area contributed by atoms with Crippen LogP contribution in [0.4, 0.5) is 5.95 Å². The Morgan fingerprint density at radius 3 is 2.16 bits per heavy atom. The third kappa shape index (κ3) is 3.51. The molecule has 0 aliphatic heterocycles. The van der Waals surface area contributed by atoms with Crippen molar-refractivity contribution in [3.8, 4) is 0 Å². The maximum atomic E-state index is 11.9. The van der Waals surface area contributed by atoms with Gasteiger partial charge >= 0.3 is 0 Å². The molecule has 98 valence electrons. The molecule has 5 heteroatoms. The van der Waals surface area contributed by atoms with Crippen LogP contribution in [0, 0.1) is 20.8 Å². The molecule has 0 aliphatic rings. The normalized spacial score (nSPS) is 10.1. The van der Waals surface area contributed by atoms with E-state index >= 15 is 0 Å². The molecular formula is C14H16N4O. The summed E-state index contributed by atoms with van der Waals surface area (Å²) in [5.41, 5.74) is 8.69. The van der Waals surface area contributed by atoms with Crippen molar-refractivity contribution in [1.29, 1.82) is 0 Å². The molecule has 2 N–H and O–H groups in total. The van der Waals surface area contributed by atoms with Gasteiger partial charge in [-0.05, 0) is 39.0 Å². The molecule has 0 unspecified atom stereocenters. The van der Waals surface area contributed by atoms with E-state index in [0.717, 1.165) is 17.0 Å². The van der Waals surface area contributed by atoms with Crippen LogP contribution in [0.5, 0.6) is 0 Å². The molecule has 0 bridgehead atoms. The number of aryl methyl sites for hydroxylation is 3. The number of amides is 1. The van der Waals surface area contributed by atoms with E-state index in [1.165, 1.54) is 0 Å². The lowest BCUT2D eigenvalue weighted by Gasteiger charge is -2.08. The standard InChI is InChI=1S/C14H16N4O/c1-9-4-6-12(7-5-9)13(19)17-18-14-15-10(2)8-11(3)16-14/h4-8H,1-3H3,(H,17,19)(H,15,16,18). The number of benzene rings is 1. The summed E-state index contributed by atoms with van der Waals surface area (Å²) in [6, 6.07) is 9.20. The largest absolute Gasteiger partial charge is 0.269 e. The van der Waals surface area contributed by atoms with E-state index in [1.54, 1.807) is 12.1 Å². The predicted molar refractivity (Wildman–Crippen MR) is 73.8 cm³/mol. The zero-order valence-electron chi connectivity index (χ0n) is 11.2. The highest BCUT2D eigenvalue weighted by atomic mass is 16.2. The van der Waals surface area contributed by atoms with E-state index in [9.17, 15) is 4.79 Å². The SMILES string of the molecule is Cc1ccc(C(=O)NNc2nc(C)cc(C)n2)cc1. The average Bonchev–Trinajstić information content (AvgIpc) is 2.36. The number of hydrazine groups is 1. The number of rotatable bonds is 3. The van der Waals surface area contributed by atoms with Gasteiger partial charge in [0.1, 0.15) is 0 Å². The Morgan fingerprint density at radius 1 is 1.00 bits per heavy atom. The van der Waals surface area contributed by atoms with Crippen LogP contribution in [0.25, 0.3) is 0 Å². The zero-order chi connectivity index (χ0) is 13.8. The number of nitrogens with one attached hydrogen (secondary N) is 2. The Labute approximate surface area is 112 Å². The maximum Gasteiger partial charge on any atom is 0.269 e. The summed E-state index contributed by atoms with van der Waals surface area (Å²) >= 11 is 0. The van der Waals surface area contributed by atoms with E-state index in [1.807, 2.05) is 39.0 Å². The second kappa shape index (κ2) is 5.48. The number of anilines is 1. The van der Waals surface area contributed by atoms with Crippen molar-refractivity contribution in [1.82, 2.24) is 15.4 Å². The molecule has 0 spiro atoms. The molecule has 0 aliphatic carbocycles. The first-order valence-corrected chi connectivity index (χ1v) is 6.00. The molecule has 0 atom stereocenters. The van der Waals surface area contributed by atoms with Gasteiger partial charge in [-0.3, -0.25) is 15.6 Å². The van der Waals surface area contributed by atoms with E-state index in [4.69, 9.17) is 0 Å². The average molecular weight is 256 g/mol. The van der Waals surface area contributed by atoms with Crippen LogP contribution in [-0.4, -0.2) is 15.9 Å². The lowest BCUT2D eigenvalue weighted by molar-refractivity contribution is 0.0962. The highest BCUT2D eigenvalue weighted by Gasteiger charge is 2.05. The van der Waals surface area contributed by atoms with Gasteiger partial charge in [-0.15, -0.1) is 0 Å². The molecular weight excluding hydrogens is 240 g/mol. The smallest absolute Gasteiger partial charge is 0.267 e. The van der Waals surface area contributed by atoms with Gasteiger partial charge in [0.15, 0.2) is 0 Å². The molecule has 0 saturated heterocycles. The topological polar surface area (TPSA) is 66.9 Å². The van der Waals surface area contributed by atoms with Crippen molar-refractivity contribution in [3.63, 3.8) is 0 Å². The van der Waals surface area contributed by atoms with Crippen LogP contribution >= 0.6 is 0 Å². The zero-order valence-corrected chi connectivity index (χ0v) is 11.2. The first kappa shape index (κ1) is 13.0. The van der Waals surface area contributed by atoms with E-state index < -0.39 is 0 Å². The molecule has 0 fully saturated rings. The summed E-state index contributed by atoms with van der Waals surface area (Å²) in [5.74, 6) is 0.167. The quantitative estimate of drug-likeness (QED) is 0.826. The number of nitrogens with zero attached hydrogens (tertiary/aromatic N) is 2. The van der Waals surface area contributed by atoms with Gasteiger partial charge < -0.3 is 0 Å². The lowest BCUT2D eigenvalue weighted by Crippen LogP contribution is -2.30. The first-order chi connectivity index (χ1) is 9.04. The molecule has 0 saturated carbocycles. The van der Waals surface area contributed by atoms with Crippen molar-refractivity contribution < 1.29 is 4.79 Å². The van der Waals surface area contributed by atoms with Gasteiger partial charge in [0.2, 0.25) is 5.95 Å². The van der Waals surface area contributed by atoms with Crippen LogP contribution in [0.3, 0.4) is 0 Å². The van der Waals surface area contributed by atoms with Crippen LogP contribution < -0.4 is 10.9 Å². The van der Waals surface area contributed by atoms with Gasteiger partial charge in [0.05, 0.1) is 0 Å². The second-order valence-corrected chi connectivity index (χ2v) is 4.42. The summed E-state index contributed by atoms with van der Waals surface area (Å²) in [5, 5.41) is 0. The Bertz CT molecular complexity index is 573. The van der Waals surface area contributed by atoms with Crippen molar-refractivity contribution in [2.45, 2.75) is 20.8 Å². The molecule has 19 heavy (non-hydrogen) atoms. The summed E-state index contributed by atoms with van der Waals surface area (Å²) in [7, 11) is 0. The van der Waals surface area contributed by atoms with Crippen LogP contribution in [0.1, 0.15) is 27.3 Å². The van der Waals surface area contributed by atoms with E-state index in [2.05, 4.69) is 20.8 Å². The fraction of sp³-hybridized carbons (Fsp3) is 0.214. The molecule has 2 rings (SSSR count). The molecule has 2 aromatic rings. The minimum atomic E-state index is -0.220. The number of carbonyl (C=O) groups excluding carboxylic acids is 1. The number of carbonyl (C=O) groups is 1. The van der Waals surface area contributed by atoms with Crippen LogP contribution in [-0.2, 0) is 0 Å². The molecule has 1 aromatic heterocycles. The van der Waals surface area contributed by atoms with Crippen molar-refractivity contribution in [2.24, 2.45) is 0 Å². The predicted octanol–water partition coefficient (Wildman–Crippen LogP) is 2.16. The van der Waals surface area contributed by atoms with Gasteiger partial charge in [0.25, 0.3) is 5.91 Å². The summed E-state index contributed by atoms with van der Waals surface area (Å²) in [6.07, 6.45) is 0. The first-order valence-electron chi connectivity index (χ1n) is 6.00. The second-order valence-electron chi connectivity index (χ2n) is 4.42. The third-order valence-electron chi connectivity index (χ3n) is 2.58. The summed E-state index contributed by atoms with van der Waals surface area (Å²) in [6.45, 7) is 5.73. The van der Waals surface area contributed by atoms with Gasteiger partial charge in [-0.1, -0.05) is 17.7 Å². The minimum absolute atomic E-state index is 0.220. The number of hydrogen-bond acceptors (Lipinski definition) is 4. The summed E-state index contributed by atoms with van der Waals surface area (Å²) in [4.78, 5) is 20.2. The van der Waals surface area contributed by atoms with E-state index in [0.29, 0.717) is 11.5 Å². The fourth-order valence-corrected chi connectivity index (χ4v) is 1.67. The van der Waals surface area contributed by atoms with Gasteiger partial charge in [0, 0.05) is 17.0 Å². The van der Waals surface area contributed by atoms with Crippen molar-refractivity contribution >= 4 is 11.9 Å². The molecule has 0 radical (unpaired) electrons. The lowest BCUT2D eigenvalue weighted by atomic mass is 10.1. The third-order valence-corrected chi connectivity index (χ3v) is 2.58.